The highest BCUT2D eigenvalue weighted by atomic mass is 16.6. The summed E-state index contributed by atoms with van der Waals surface area (Å²) >= 11 is 0. The third-order valence-corrected chi connectivity index (χ3v) is 8.07. The van der Waals surface area contributed by atoms with Crippen molar-refractivity contribution in [1.29, 1.82) is 5.26 Å². The Labute approximate surface area is 235 Å². The SMILES string of the molecule is CC(C)(C)OC(=O)N1CC(N2CCC(c3cc4c(c(C#N)n3)OCc3c(N5CCOCC5)ccnc3N4)CC2)C1. The molecule has 3 fully saturated rings. The minimum absolute atomic E-state index is 0.236. The molecule has 0 aromatic carbocycles. The van der Waals surface area contributed by atoms with Gasteiger partial charge in [-0.15, -0.1) is 0 Å². The van der Waals surface area contributed by atoms with Gasteiger partial charge < -0.3 is 29.3 Å². The number of carbonyl (C=O) groups excluding carboxylic acids is 1. The van der Waals surface area contributed by atoms with Crippen LogP contribution in [0.1, 0.15) is 56.5 Å². The summed E-state index contributed by atoms with van der Waals surface area (Å²) in [5.41, 5.74) is 3.51. The molecule has 0 aliphatic carbocycles. The van der Waals surface area contributed by atoms with Crippen LogP contribution < -0.4 is 15.0 Å². The number of hydrogen-bond acceptors (Lipinski definition) is 10. The van der Waals surface area contributed by atoms with Gasteiger partial charge in [0.25, 0.3) is 0 Å². The fraction of sp³-hybridized carbons (Fsp3) is 0.586. The van der Waals surface area contributed by atoms with Gasteiger partial charge in [0.05, 0.1) is 24.5 Å². The van der Waals surface area contributed by atoms with Crippen molar-refractivity contribution < 1.29 is 19.0 Å². The van der Waals surface area contributed by atoms with E-state index in [-0.39, 0.29) is 12.0 Å². The molecule has 0 radical (unpaired) electrons. The highest BCUT2D eigenvalue weighted by Gasteiger charge is 2.38. The van der Waals surface area contributed by atoms with Crippen LogP contribution >= 0.6 is 0 Å². The van der Waals surface area contributed by atoms with Crippen LogP contribution in [0.25, 0.3) is 0 Å². The van der Waals surface area contributed by atoms with E-state index in [1.807, 2.05) is 39.1 Å². The van der Waals surface area contributed by atoms with Crippen LogP contribution in [0.3, 0.4) is 0 Å². The molecule has 11 nitrogen and oxygen atoms in total. The Kier molecular flexibility index (Phi) is 7.15. The highest BCUT2D eigenvalue weighted by Crippen LogP contribution is 2.41. The van der Waals surface area contributed by atoms with Crippen LogP contribution in [0.5, 0.6) is 5.75 Å². The van der Waals surface area contributed by atoms with Crippen LogP contribution in [0.15, 0.2) is 18.3 Å². The Balaban J connectivity index is 1.13. The Hall–Kier alpha value is -3.62. The van der Waals surface area contributed by atoms with Gasteiger partial charge in [-0.05, 0) is 58.8 Å². The van der Waals surface area contributed by atoms with Crippen molar-refractivity contribution in [3.63, 3.8) is 0 Å². The number of rotatable bonds is 3. The zero-order valence-electron chi connectivity index (χ0n) is 23.5. The molecule has 4 aliphatic rings. The maximum atomic E-state index is 12.3. The van der Waals surface area contributed by atoms with Gasteiger partial charge in [0, 0.05) is 55.7 Å². The van der Waals surface area contributed by atoms with Crippen molar-refractivity contribution in [3.05, 3.63) is 35.3 Å². The van der Waals surface area contributed by atoms with Crippen molar-refractivity contribution >= 4 is 23.3 Å². The quantitative estimate of drug-likeness (QED) is 0.611. The van der Waals surface area contributed by atoms with E-state index < -0.39 is 5.60 Å². The smallest absolute Gasteiger partial charge is 0.410 e. The molecule has 1 amide bonds. The topological polar surface area (TPSA) is 116 Å². The lowest BCUT2D eigenvalue weighted by Crippen LogP contribution is -2.62. The maximum absolute atomic E-state index is 12.3. The van der Waals surface area contributed by atoms with E-state index in [1.54, 1.807) is 4.90 Å². The zero-order valence-corrected chi connectivity index (χ0v) is 23.5. The first kappa shape index (κ1) is 26.6. The minimum Gasteiger partial charge on any atom is -0.483 e. The van der Waals surface area contributed by atoms with Crippen molar-refractivity contribution in [2.24, 2.45) is 0 Å². The molecule has 1 N–H and O–H groups in total. The molecule has 2 aromatic rings. The Morgan fingerprint density at radius 1 is 1.18 bits per heavy atom. The van der Waals surface area contributed by atoms with Gasteiger partial charge in [-0.25, -0.2) is 14.8 Å². The summed E-state index contributed by atoms with van der Waals surface area (Å²) in [6, 6.07) is 6.67. The number of nitriles is 1. The minimum atomic E-state index is -0.479. The molecule has 2 aromatic heterocycles. The van der Waals surface area contributed by atoms with Crippen LogP contribution in [0, 0.1) is 11.3 Å². The molecular formula is C29H37N7O4. The number of nitrogens with zero attached hydrogens (tertiary/aromatic N) is 6. The summed E-state index contributed by atoms with van der Waals surface area (Å²) in [6.45, 7) is 12.3. The molecule has 4 aliphatic heterocycles. The second-order valence-electron chi connectivity index (χ2n) is 11.9. The lowest BCUT2D eigenvalue weighted by molar-refractivity contribution is -0.0197. The van der Waals surface area contributed by atoms with E-state index in [0.29, 0.717) is 50.4 Å². The molecule has 0 spiro atoms. The molecule has 11 heteroatoms. The molecule has 40 heavy (non-hydrogen) atoms. The second-order valence-corrected chi connectivity index (χ2v) is 11.9. The van der Waals surface area contributed by atoms with Crippen LogP contribution in [-0.2, 0) is 16.1 Å². The van der Waals surface area contributed by atoms with Crippen molar-refractivity contribution in [2.75, 3.05) is 62.7 Å². The van der Waals surface area contributed by atoms with Gasteiger partial charge >= 0.3 is 6.09 Å². The van der Waals surface area contributed by atoms with Crippen molar-refractivity contribution in [3.8, 4) is 11.8 Å². The summed E-state index contributed by atoms with van der Waals surface area (Å²) in [4.78, 5) is 28.2. The molecule has 0 atom stereocenters. The number of likely N-dealkylation sites (tertiary alicyclic amines) is 2. The van der Waals surface area contributed by atoms with Gasteiger partial charge in [0.1, 0.15) is 24.1 Å². The number of amides is 1. The summed E-state index contributed by atoms with van der Waals surface area (Å²) in [6.07, 6.45) is 3.46. The standard InChI is InChI=1S/C29H37N7O4/c1-29(2,3)40-28(37)36-16-20(17-36)34-8-5-19(6-9-34)22-14-23-26(24(15-30)32-22)39-18-21-25(4-7-31-27(21)33-23)35-10-12-38-13-11-35/h4,7,14,19-20H,5-6,8-13,16-18H2,1-3H3,(H,31,33). The number of nitrogens with one attached hydrogen (secondary N) is 1. The number of carbonyl (C=O) groups is 1. The fourth-order valence-corrected chi connectivity index (χ4v) is 5.90. The van der Waals surface area contributed by atoms with Crippen LogP contribution in [0.2, 0.25) is 0 Å². The number of ether oxygens (including phenoxy) is 3. The maximum Gasteiger partial charge on any atom is 0.410 e. The third-order valence-electron chi connectivity index (χ3n) is 8.07. The molecule has 6 heterocycles. The van der Waals surface area contributed by atoms with Crippen LogP contribution in [-0.4, -0.2) is 90.0 Å². The molecule has 0 unspecified atom stereocenters. The van der Waals surface area contributed by atoms with Gasteiger partial charge in [-0.3, -0.25) is 4.90 Å². The first-order valence-electron chi connectivity index (χ1n) is 14.2. The number of anilines is 3. The molecule has 0 bridgehead atoms. The summed E-state index contributed by atoms with van der Waals surface area (Å²) in [5, 5.41) is 13.4. The van der Waals surface area contributed by atoms with E-state index in [9.17, 15) is 10.1 Å². The molecule has 212 valence electrons. The lowest BCUT2D eigenvalue weighted by atomic mass is 9.90. The summed E-state index contributed by atoms with van der Waals surface area (Å²) in [5.74, 6) is 1.47. The average Bonchev–Trinajstić information content (AvgIpc) is 3.11. The van der Waals surface area contributed by atoms with E-state index in [1.165, 1.54) is 0 Å². The molecule has 6 rings (SSSR count). The number of fused-ring (bicyclic) bond motifs is 2. The van der Waals surface area contributed by atoms with E-state index in [0.717, 1.165) is 67.5 Å². The summed E-state index contributed by atoms with van der Waals surface area (Å²) < 4.78 is 17.2. The van der Waals surface area contributed by atoms with E-state index in [2.05, 4.69) is 26.2 Å². The molecule has 3 saturated heterocycles. The number of pyridine rings is 2. The molecule has 0 saturated carbocycles. The van der Waals surface area contributed by atoms with Gasteiger partial charge in [-0.2, -0.15) is 5.26 Å². The number of hydrogen-bond donors (Lipinski definition) is 1. The lowest BCUT2D eigenvalue weighted by Gasteiger charge is -2.47. The predicted octanol–water partition coefficient (Wildman–Crippen LogP) is 3.62. The first-order chi connectivity index (χ1) is 19.3. The first-order valence-corrected chi connectivity index (χ1v) is 14.2. The normalized spacial score (nSPS) is 20.2. The van der Waals surface area contributed by atoms with Crippen molar-refractivity contribution in [2.45, 2.75) is 57.8 Å². The average molecular weight is 548 g/mol. The van der Waals surface area contributed by atoms with Gasteiger partial charge in [0.15, 0.2) is 11.4 Å². The number of morpholine rings is 1. The number of piperidine rings is 1. The Morgan fingerprint density at radius 2 is 1.93 bits per heavy atom. The zero-order chi connectivity index (χ0) is 27.9. The number of aromatic nitrogens is 2. The third kappa shape index (κ3) is 5.38. The molecular weight excluding hydrogens is 510 g/mol. The fourth-order valence-electron chi connectivity index (χ4n) is 5.90. The largest absolute Gasteiger partial charge is 0.483 e. The monoisotopic (exact) mass is 547 g/mol. The van der Waals surface area contributed by atoms with E-state index in [4.69, 9.17) is 19.2 Å². The van der Waals surface area contributed by atoms with E-state index >= 15 is 0 Å². The van der Waals surface area contributed by atoms with Crippen molar-refractivity contribution in [1.82, 2.24) is 19.8 Å². The Bertz CT molecular complexity index is 1300. The van der Waals surface area contributed by atoms with Gasteiger partial charge in [0.2, 0.25) is 0 Å². The summed E-state index contributed by atoms with van der Waals surface area (Å²) in [7, 11) is 0. The van der Waals surface area contributed by atoms with Gasteiger partial charge in [-0.1, -0.05) is 0 Å². The highest BCUT2D eigenvalue weighted by molar-refractivity contribution is 5.74. The predicted molar refractivity (Wildman–Crippen MR) is 149 cm³/mol. The second kappa shape index (κ2) is 10.7. The Morgan fingerprint density at radius 3 is 2.62 bits per heavy atom. The van der Waals surface area contributed by atoms with Crippen LogP contribution in [0.4, 0.5) is 22.0 Å².